The standard InChI is InChI=1S/C45H25N5/c46-26-29-17-22-45-40(23-29)39-12-4-6-14-42(39)49(45)33-19-21-35(32(25-33)28-48)34-20-18-30(24-31(34)27-47)36-9-1-5-13-41(36)50-43-15-7-2-10-37(43)38-11-3-8-16-44(38)50/h1-25H. The van der Waals surface area contributed by atoms with Gasteiger partial charge >= 0.3 is 0 Å². The van der Waals surface area contributed by atoms with E-state index in [0.29, 0.717) is 27.8 Å². The molecule has 2 heterocycles. The van der Waals surface area contributed by atoms with E-state index in [9.17, 15) is 15.8 Å². The molecule has 0 amide bonds. The molecule has 230 valence electrons. The average molecular weight is 636 g/mol. The fraction of sp³-hybridized carbons (Fsp3) is 0. The van der Waals surface area contributed by atoms with Crippen LogP contribution < -0.4 is 0 Å². The van der Waals surface area contributed by atoms with Gasteiger partial charge in [0.2, 0.25) is 0 Å². The van der Waals surface area contributed by atoms with Gasteiger partial charge in [0, 0.05) is 43.9 Å². The van der Waals surface area contributed by atoms with Gasteiger partial charge in [-0.2, -0.15) is 15.8 Å². The lowest BCUT2D eigenvalue weighted by atomic mass is 9.92. The molecule has 0 bridgehead atoms. The van der Waals surface area contributed by atoms with Crippen LogP contribution in [0.1, 0.15) is 16.7 Å². The summed E-state index contributed by atoms with van der Waals surface area (Å²) in [7, 11) is 0. The third-order valence-corrected chi connectivity index (χ3v) is 9.65. The maximum absolute atomic E-state index is 10.5. The first kappa shape index (κ1) is 28.8. The van der Waals surface area contributed by atoms with Gasteiger partial charge in [-0.15, -0.1) is 0 Å². The van der Waals surface area contributed by atoms with Crippen LogP contribution in [0.3, 0.4) is 0 Å². The van der Waals surface area contributed by atoms with Crippen LogP contribution in [-0.2, 0) is 0 Å². The molecular weight excluding hydrogens is 611 g/mol. The Balaban J connectivity index is 1.18. The van der Waals surface area contributed by atoms with E-state index in [1.807, 2.05) is 84.9 Å². The van der Waals surface area contributed by atoms with Crippen LogP contribution in [0.25, 0.3) is 77.2 Å². The normalized spacial score (nSPS) is 11.1. The Kier molecular flexibility index (Phi) is 6.56. The summed E-state index contributed by atoms with van der Waals surface area (Å²) in [6.07, 6.45) is 0. The molecular formula is C45H25N5. The Morgan fingerprint density at radius 2 is 0.920 bits per heavy atom. The molecule has 50 heavy (non-hydrogen) atoms. The molecule has 0 aliphatic heterocycles. The number of hydrogen-bond acceptors (Lipinski definition) is 3. The number of nitriles is 3. The summed E-state index contributed by atoms with van der Waals surface area (Å²) >= 11 is 0. The minimum atomic E-state index is 0.469. The number of hydrogen-bond donors (Lipinski definition) is 0. The summed E-state index contributed by atoms with van der Waals surface area (Å²) < 4.78 is 4.42. The smallest absolute Gasteiger partial charge is 0.0998 e. The maximum atomic E-state index is 10.5. The van der Waals surface area contributed by atoms with Gasteiger partial charge in [-0.25, -0.2) is 0 Å². The molecule has 0 saturated heterocycles. The minimum Gasteiger partial charge on any atom is -0.309 e. The number of fused-ring (bicyclic) bond motifs is 6. The molecule has 0 radical (unpaired) electrons. The monoisotopic (exact) mass is 635 g/mol. The van der Waals surface area contributed by atoms with Crippen molar-refractivity contribution in [3.8, 4) is 51.8 Å². The Morgan fingerprint density at radius 3 is 1.58 bits per heavy atom. The van der Waals surface area contributed by atoms with Gasteiger partial charge in [-0.3, -0.25) is 0 Å². The Labute approximate surface area is 287 Å². The van der Waals surface area contributed by atoms with Crippen molar-refractivity contribution < 1.29 is 0 Å². The average Bonchev–Trinajstić information content (AvgIpc) is 3.70. The van der Waals surface area contributed by atoms with Crippen LogP contribution in [0.2, 0.25) is 0 Å². The van der Waals surface area contributed by atoms with Gasteiger partial charge in [0.05, 0.1) is 62.7 Å². The number of benzene rings is 7. The van der Waals surface area contributed by atoms with Crippen LogP contribution in [-0.4, -0.2) is 9.13 Å². The number of para-hydroxylation sites is 4. The van der Waals surface area contributed by atoms with E-state index in [1.54, 1.807) is 0 Å². The molecule has 5 nitrogen and oxygen atoms in total. The van der Waals surface area contributed by atoms with Crippen LogP contribution in [0.15, 0.2) is 152 Å². The highest BCUT2D eigenvalue weighted by Crippen LogP contribution is 2.39. The van der Waals surface area contributed by atoms with Crippen LogP contribution in [0, 0.1) is 34.0 Å². The van der Waals surface area contributed by atoms with Crippen molar-refractivity contribution >= 4 is 43.6 Å². The van der Waals surface area contributed by atoms with Crippen molar-refractivity contribution in [1.82, 2.24) is 9.13 Å². The second-order valence-electron chi connectivity index (χ2n) is 12.3. The SMILES string of the molecule is N#Cc1ccc2c(c1)c1ccccc1n2-c1ccc(-c2ccc(-c3ccccc3-n3c4ccccc4c4ccccc43)cc2C#N)c(C#N)c1. The van der Waals surface area contributed by atoms with Crippen molar-refractivity contribution in [3.05, 3.63) is 168 Å². The summed E-state index contributed by atoms with van der Waals surface area (Å²) in [5.74, 6) is 0. The minimum absolute atomic E-state index is 0.469. The van der Waals surface area contributed by atoms with E-state index in [1.165, 1.54) is 10.8 Å². The molecule has 9 aromatic rings. The van der Waals surface area contributed by atoms with Crippen molar-refractivity contribution in [2.24, 2.45) is 0 Å². The molecule has 0 unspecified atom stereocenters. The Hall–Kier alpha value is -7.39. The molecule has 0 saturated carbocycles. The molecule has 0 aliphatic carbocycles. The lowest BCUT2D eigenvalue weighted by Gasteiger charge is -2.16. The first-order chi connectivity index (χ1) is 24.7. The molecule has 9 rings (SSSR count). The van der Waals surface area contributed by atoms with Crippen LogP contribution >= 0.6 is 0 Å². The summed E-state index contributed by atoms with van der Waals surface area (Å²) in [6.45, 7) is 0. The second-order valence-corrected chi connectivity index (χ2v) is 12.3. The molecule has 0 spiro atoms. The quantitative estimate of drug-likeness (QED) is 0.193. The lowest BCUT2D eigenvalue weighted by molar-refractivity contribution is 1.18. The summed E-state index contributed by atoms with van der Waals surface area (Å²) in [5, 5.41) is 34.8. The van der Waals surface area contributed by atoms with E-state index in [-0.39, 0.29) is 0 Å². The van der Waals surface area contributed by atoms with Gasteiger partial charge in [0.25, 0.3) is 0 Å². The fourth-order valence-electron chi connectivity index (χ4n) is 7.45. The Morgan fingerprint density at radius 1 is 0.380 bits per heavy atom. The van der Waals surface area contributed by atoms with Crippen molar-refractivity contribution in [2.75, 3.05) is 0 Å². The maximum Gasteiger partial charge on any atom is 0.0998 e. The topological polar surface area (TPSA) is 81.2 Å². The highest BCUT2D eigenvalue weighted by Gasteiger charge is 2.19. The molecule has 5 heteroatoms. The highest BCUT2D eigenvalue weighted by molar-refractivity contribution is 6.10. The zero-order chi connectivity index (χ0) is 33.8. The van der Waals surface area contributed by atoms with Gasteiger partial charge < -0.3 is 9.13 Å². The first-order valence-electron chi connectivity index (χ1n) is 16.3. The summed E-state index contributed by atoms with van der Waals surface area (Å²) in [6, 6.07) is 57.7. The zero-order valence-corrected chi connectivity index (χ0v) is 26.7. The van der Waals surface area contributed by atoms with Gasteiger partial charge in [-0.1, -0.05) is 91.0 Å². The number of aromatic nitrogens is 2. The van der Waals surface area contributed by atoms with Crippen LogP contribution in [0.4, 0.5) is 0 Å². The number of rotatable bonds is 4. The third kappa shape index (κ3) is 4.31. The number of nitrogens with zero attached hydrogens (tertiary/aromatic N) is 5. The van der Waals surface area contributed by atoms with Gasteiger partial charge in [0.15, 0.2) is 0 Å². The molecule has 0 N–H and O–H groups in total. The largest absolute Gasteiger partial charge is 0.309 e. The molecule has 0 atom stereocenters. The van der Waals surface area contributed by atoms with E-state index in [2.05, 4.69) is 94.1 Å². The summed E-state index contributed by atoms with van der Waals surface area (Å²) in [4.78, 5) is 0. The Bertz CT molecular complexity index is 2920. The molecule has 7 aromatic carbocycles. The highest BCUT2D eigenvalue weighted by atomic mass is 15.0. The molecule has 0 aliphatic rings. The van der Waals surface area contributed by atoms with Gasteiger partial charge in [0.1, 0.15) is 0 Å². The van der Waals surface area contributed by atoms with E-state index < -0.39 is 0 Å². The lowest BCUT2D eigenvalue weighted by Crippen LogP contribution is -1.98. The van der Waals surface area contributed by atoms with Crippen molar-refractivity contribution in [3.63, 3.8) is 0 Å². The predicted octanol–water partition coefficient (Wildman–Crippen LogP) is 10.8. The van der Waals surface area contributed by atoms with Crippen LogP contribution in [0.5, 0.6) is 0 Å². The second kappa shape index (κ2) is 11.4. The predicted molar refractivity (Wildman–Crippen MR) is 200 cm³/mol. The van der Waals surface area contributed by atoms with E-state index in [4.69, 9.17) is 0 Å². The van der Waals surface area contributed by atoms with Crippen molar-refractivity contribution in [1.29, 1.82) is 15.8 Å². The first-order valence-corrected chi connectivity index (χ1v) is 16.3. The molecule has 2 aromatic heterocycles. The van der Waals surface area contributed by atoms with Gasteiger partial charge in [-0.05, 0) is 66.2 Å². The third-order valence-electron chi connectivity index (χ3n) is 9.65. The van der Waals surface area contributed by atoms with E-state index >= 15 is 0 Å². The van der Waals surface area contributed by atoms with E-state index in [0.717, 1.165) is 55.3 Å². The summed E-state index contributed by atoms with van der Waals surface area (Å²) in [5.41, 5.74) is 10.9. The van der Waals surface area contributed by atoms with Crippen molar-refractivity contribution in [2.45, 2.75) is 0 Å². The fourth-order valence-corrected chi connectivity index (χ4v) is 7.45. The molecule has 0 fully saturated rings. The zero-order valence-electron chi connectivity index (χ0n) is 26.7.